The summed E-state index contributed by atoms with van der Waals surface area (Å²) in [6.07, 6.45) is 0.805. The van der Waals surface area contributed by atoms with Crippen molar-refractivity contribution >= 4 is 34.8 Å². The molecule has 0 fully saturated rings. The van der Waals surface area contributed by atoms with Gasteiger partial charge in [0.05, 0.1) is 11.6 Å². The minimum atomic E-state index is 0.436. The van der Waals surface area contributed by atoms with E-state index < -0.39 is 0 Å². The monoisotopic (exact) mass is 477 g/mol. The Hall–Kier alpha value is -1.91. The molecule has 0 saturated carbocycles. The van der Waals surface area contributed by atoms with E-state index in [0.29, 0.717) is 46.3 Å². The van der Waals surface area contributed by atoms with E-state index in [1.54, 1.807) is 6.07 Å². The lowest BCUT2D eigenvalue weighted by atomic mass is 10.1. The molecule has 0 spiro atoms. The molecule has 0 aliphatic heterocycles. The maximum absolute atomic E-state index is 6.56. The van der Waals surface area contributed by atoms with Gasteiger partial charge < -0.3 is 14.8 Å². The van der Waals surface area contributed by atoms with Crippen molar-refractivity contribution in [3.63, 3.8) is 0 Å². The first-order valence-electron chi connectivity index (χ1n) is 10.2. The van der Waals surface area contributed by atoms with Gasteiger partial charge >= 0.3 is 0 Å². The first kappa shape index (κ1) is 23.7. The maximum atomic E-state index is 6.56. The zero-order valence-electron chi connectivity index (χ0n) is 17.7. The standard InChI is InChI=1S/C25H26Cl3NO2/c1-3-30-24-13-18(15-29-11-10-19-8-9-21(26)14-22(19)27)12-23(28)25(24)31-16-20-7-5-4-6-17(20)2/h4-9,12-14,29H,3,10-11,15-16H2,1-2H3. The molecule has 3 rings (SSSR count). The van der Waals surface area contributed by atoms with Gasteiger partial charge in [0, 0.05) is 16.6 Å². The minimum absolute atomic E-state index is 0.436. The van der Waals surface area contributed by atoms with Crippen molar-refractivity contribution in [2.24, 2.45) is 0 Å². The molecule has 0 saturated heterocycles. The molecule has 0 atom stereocenters. The van der Waals surface area contributed by atoms with Crippen molar-refractivity contribution < 1.29 is 9.47 Å². The first-order valence-corrected chi connectivity index (χ1v) is 11.4. The second-order valence-corrected chi connectivity index (χ2v) is 8.47. The zero-order valence-corrected chi connectivity index (χ0v) is 19.9. The van der Waals surface area contributed by atoms with E-state index >= 15 is 0 Å². The number of halogens is 3. The van der Waals surface area contributed by atoms with Crippen LogP contribution in [-0.4, -0.2) is 13.2 Å². The molecule has 0 radical (unpaired) electrons. The van der Waals surface area contributed by atoms with Crippen molar-refractivity contribution in [2.75, 3.05) is 13.2 Å². The Labute approximate surface area is 199 Å². The van der Waals surface area contributed by atoms with E-state index in [4.69, 9.17) is 44.3 Å². The first-order chi connectivity index (χ1) is 15.0. The van der Waals surface area contributed by atoms with Crippen molar-refractivity contribution in [3.8, 4) is 11.5 Å². The smallest absolute Gasteiger partial charge is 0.180 e. The quantitative estimate of drug-likeness (QED) is 0.311. The van der Waals surface area contributed by atoms with Crippen LogP contribution in [0, 0.1) is 6.92 Å². The highest BCUT2D eigenvalue weighted by Crippen LogP contribution is 2.37. The summed E-state index contributed by atoms with van der Waals surface area (Å²) in [6, 6.07) is 17.6. The molecule has 0 unspecified atom stereocenters. The van der Waals surface area contributed by atoms with Crippen molar-refractivity contribution in [2.45, 2.75) is 33.4 Å². The Bertz CT molecular complexity index is 1020. The molecule has 164 valence electrons. The van der Waals surface area contributed by atoms with Crippen molar-refractivity contribution in [3.05, 3.63) is 91.9 Å². The number of hydrogen-bond donors (Lipinski definition) is 1. The fourth-order valence-corrected chi connectivity index (χ4v) is 4.02. The van der Waals surface area contributed by atoms with Gasteiger partial charge in [0.1, 0.15) is 6.61 Å². The molecule has 0 aromatic heterocycles. The highest BCUT2D eigenvalue weighted by molar-refractivity contribution is 6.35. The van der Waals surface area contributed by atoms with Gasteiger partial charge in [0.15, 0.2) is 11.5 Å². The Balaban J connectivity index is 1.63. The van der Waals surface area contributed by atoms with Gasteiger partial charge in [-0.2, -0.15) is 0 Å². The highest BCUT2D eigenvalue weighted by atomic mass is 35.5. The Morgan fingerprint density at radius 3 is 2.42 bits per heavy atom. The number of hydrogen-bond acceptors (Lipinski definition) is 3. The van der Waals surface area contributed by atoms with Gasteiger partial charge in [0.25, 0.3) is 0 Å². The van der Waals surface area contributed by atoms with Crippen LogP contribution in [0.3, 0.4) is 0 Å². The summed E-state index contributed by atoms with van der Waals surface area (Å²) in [5, 5.41) is 5.29. The largest absolute Gasteiger partial charge is 0.490 e. The summed E-state index contributed by atoms with van der Waals surface area (Å²) in [4.78, 5) is 0. The Morgan fingerprint density at radius 1 is 0.871 bits per heavy atom. The molecule has 3 aromatic rings. The van der Waals surface area contributed by atoms with Gasteiger partial charge in [0.2, 0.25) is 0 Å². The molecular weight excluding hydrogens is 453 g/mol. The minimum Gasteiger partial charge on any atom is -0.490 e. The van der Waals surface area contributed by atoms with E-state index in [1.165, 1.54) is 5.56 Å². The van der Waals surface area contributed by atoms with Crippen LogP contribution in [0.5, 0.6) is 11.5 Å². The molecule has 0 bridgehead atoms. The SMILES string of the molecule is CCOc1cc(CNCCc2ccc(Cl)cc2Cl)cc(Cl)c1OCc1ccccc1C. The van der Waals surface area contributed by atoms with Crippen LogP contribution in [0.15, 0.2) is 54.6 Å². The van der Waals surface area contributed by atoms with Crippen LogP contribution in [0.4, 0.5) is 0 Å². The normalized spacial score (nSPS) is 10.9. The lowest BCUT2D eigenvalue weighted by molar-refractivity contribution is 0.269. The van der Waals surface area contributed by atoms with E-state index in [-0.39, 0.29) is 0 Å². The molecule has 31 heavy (non-hydrogen) atoms. The van der Waals surface area contributed by atoms with Crippen LogP contribution in [0.25, 0.3) is 0 Å². The molecule has 6 heteroatoms. The Kier molecular flexibility index (Phi) is 8.91. The lowest BCUT2D eigenvalue weighted by Crippen LogP contribution is -2.17. The molecule has 1 N–H and O–H groups in total. The van der Waals surface area contributed by atoms with Crippen LogP contribution in [-0.2, 0) is 19.6 Å². The summed E-state index contributed by atoms with van der Waals surface area (Å²) in [6.45, 7) is 6.40. The van der Waals surface area contributed by atoms with Gasteiger partial charge in [-0.15, -0.1) is 0 Å². The summed E-state index contributed by atoms with van der Waals surface area (Å²) >= 11 is 18.8. The molecule has 3 nitrogen and oxygen atoms in total. The predicted octanol–water partition coefficient (Wildman–Crippen LogP) is 7.27. The van der Waals surface area contributed by atoms with Gasteiger partial charge in [-0.1, -0.05) is 65.1 Å². The zero-order chi connectivity index (χ0) is 22.2. The maximum Gasteiger partial charge on any atom is 0.180 e. The average molecular weight is 479 g/mol. The van der Waals surface area contributed by atoms with Gasteiger partial charge in [-0.3, -0.25) is 0 Å². The van der Waals surface area contributed by atoms with E-state index in [0.717, 1.165) is 29.7 Å². The topological polar surface area (TPSA) is 30.5 Å². The van der Waals surface area contributed by atoms with E-state index in [2.05, 4.69) is 24.4 Å². The molecular formula is C25H26Cl3NO2. The number of rotatable bonds is 10. The second kappa shape index (κ2) is 11.6. The summed E-state index contributed by atoms with van der Waals surface area (Å²) in [5.41, 5.74) is 4.39. The fourth-order valence-electron chi connectivity index (χ4n) is 3.23. The van der Waals surface area contributed by atoms with Crippen LogP contribution < -0.4 is 14.8 Å². The molecule has 0 amide bonds. The van der Waals surface area contributed by atoms with E-state index in [9.17, 15) is 0 Å². The van der Waals surface area contributed by atoms with E-state index in [1.807, 2.05) is 43.3 Å². The summed E-state index contributed by atoms with van der Waals surface area (Å²) in [7, 11) is 0. The highest BCUT2D eigenvalue weighted by Gasteiger charge is 2.13. The van der Waals surface area contributed by atoms with Crippen LogP contribution in [0.2, 0.25) is 15.1 Å². The fraction of sp³-hybridized carbons (Fsp3) is 0.280. The van der Waals surface area contributed by atoms with Crippen LogP contribution >= 0.6 is 34.8 Å². The third kappa shape index (κ3) is 6.78. The van der Waals surface area contributed by atoms with Gasteiger partial charge in [-0.25, -0.2) is 0 Å². The third-order valence-electron chi connectivity index (χ3n) is 4.92. The third-order valence-corrected chi connectivity index (χ3v) is 5.79. The average Bonchev–Trinajstić information content (AvgIpc) is 2.73. The van der Waals surface area contributed by atoms with Crippen molar-refractivity contribution in [1.82, 2.24) is 5.32 Å². The van der Waals surface area contributed by atoms with Gasteiger partial charge in [-0.05, 0) is 73.3 Å². The molecule has 0 heterocycles. The predicted molar refractivity (Wildman–Crippen MR) is 130 cm³/mol. The number of benzene rings is 3. The molecule has 3 aromatic carbocycles. The van der Waals surface area contributed by atoms with Crippen LogP contribution in [0.1, 0.15) is 29.2 Å². The van der Waals surface area contributed by atoms with Crippen molar-refractivity contribution in [1.29, 1.82) is 0 Å². The number of nitrogens with one attached hydrogen (secondary N) is 1. The summed E-state index contributed by atoms with van der Waals surface area (Å²) < 4.78 is 11.9. The number of aryl methyl sites for hydroxylation is 1. The molecule has 0 aliphatic rings. The summed E-state index contributed by atoms with van der Waals surface area (Å²) in [5.74, 6) is 1.23. The second-order valence-electron chi connectivity index (χ2n) is 7.22. The molecule has 0 aliphatic carbocycles. The number of ether oxygens (including phenoxy) is 2. The Morgan fingerprint density at radius 2 is 1.68 bits per heavy atom. The lowest BCUT2D eigenvalue weighted by Gasteiger charge is -2.16.